The van der Waals surface area contributed by atoms with Crippen LogP contribution in [0.25, 0.3) is 0 Å². The van der Waals surface area contributed by atoms with Gasteiger partial charge in [0.1, 0.15) is 5.82 Å². The molecule has 2 aliphatic rings. The molecule has 2 aromatic carbocycles. The molecule has 4 aromatic rings. The molecule has 11 nitrogen and oxygen atoms in total. The van der Waals surface area contributed by atoms with Gasteiger partial charge in [0.25, 0.3) is 12.4 Å². The first kappa shape index (κ1) is 29.6. The van der Waals surface area contributed by atoms with Crippen molar-refractivity contribution in [2.24, 2.45) is 0 Å². The fourth-order valence-electron chi connectivity index (χ4n) is 5.58. The number of ketones is 1. The van der Waals surface area contributed by atoms with Gasteiger partial charge in [-0.3, -0.25) is 29.4 Å². The van der Waals surface area contributed by atoms with Crippen molar-refractivity contribution < 1.29 is 19.5 Å². The monoisotopic (exact) mass is 581 g/mol. The third kappa shape index (κ3) is 7.89. The summed E-state index contributed by atoms with van der Waals surface area (Å²) in [6, 6.07) is 20.0. The van der Waals surface area contributed by atoms with Crippen LogP contribution in [0.1, 0.15) is 45.1 Å². The molecular weight excluding hydrogens is 546 g/mol. The number of hydrogen-bond acceptors (Lipinski definition) is 8. The van der Waals surface area contributed by atoms with Crippen LogP contribution in [0.3, 0.4) is 0 Å². The van der Waals surface area contributed by atoms with Crippen LogP contribution in [0.5, 0.6) is 0 Å². The molecule has 0 bridgehead atoms. The predicted octanol–water partition coefficient (Wildman–Crippen LogP) is 2.67. The van der Waals surface area contributed by atoms with Crippen molar-refractivity contribution in [3.05, 3.63) is 107 Å². The lowest BCUT2D eigenvalue weighted by molar-refractivity contribution is -0.123. The summed E-state index contributed by atoms with van der Waals surface area (Å²) in [6.07, 6.45) is 5.86. The van der Waals surface area contributed by atoms with Crippen LogP contribution < -0.4 is 10.2 Å². The number of hydrogen-bond donors (Lipinski definition) is 3. The number of Topliss-reactive ketones (excluding diaryl/α,β-unsaturated/α-hetero) is 1. The lowest BCUT2D eigenvalue weighted by Gasteiger charge is -2.36. The number of amides is 1. The van der Waals surface area contributed by atoms with Gasteiger partial charge in [0.05, 0.1) is 6.04 Å². The molecule has 6 rings (SSSR count). The normalized spacial score (nSPS) is 16.8. The average Bonchev–Trinajstić information content (AvgIpc) is 3.44. The fourth-order valence-corrected chi connectivity index (χ4v) is 5.58. The molecule has 2 aromatic heterocycles. The number of aromatic amines is 1. The van der Waals surface area contributed by atoms with Gasteiger partial charge in [-0.2, -0.15) is 0 Å². The van der Waals surface area contributed by atoms with E-state index in [4.69, 9.17) is 9.90 Å². The van der Waals surface area contributed by atoms with E-state index in [0.717, 1.165) is 50.3 Å². The van der Waals surface area contributed by atoms with Crippen molar-refractivity contribution in [3.63, 3.8) is 0 Å². The minimum Gasteiger partial charge on any atom is -0.483 e. The highest BCUT2D eigenvalue weighted by atomic mass is 16.3. The second-order valence-electron chi connectivity index (χ2n) is 10.7. The van der Waals surface area contributed by atoms with Crippen LogP contribution in [-0.2, 0) is 35.4 Å². The number of rotatable bonds is 7. The van der Waals surface area contributed by atoms with Crippen LogP contribution >= 0.6 is 0 Å². The summed E-state index contributed by atoms with van der Waals surface area (Å²) in [5.74, 6) is 0.274. The van der Waals surface area contributed by atoms with Crippen molar-refractivity contribution in [3.8, 4) is 0 Å². The van der Waals surface area contributed by atoms with Gasteiger partial charge in [-0.15, -0.1) is 5.10 Å². The van der Waals surface area contributed by atoms with Gasteiger partial charge in [-0.1, -0.05) is 48.5 Å². The molecule has 1 aliphatic heterocycles. The first-order chi connectivity index (χ1) is 21.0. The number of pyridine rings is 1. The number of nitrogens with zero attached hydrogens (tertiary/aromatic N) is 5. The van der Waals surface area contributed by atoms with Crippen LogP contribution in [0, 0.1) is 0 Å². The van der Waals surface area contributed by atoms with Gasteiger partial charge in [0, 0.05) is 63.6 Å². The number of piperazine rings is 1. The first-order valence-corrected chi connectivity index (χ1v) is 14.4. The summed E-state index contributed by atoms with van der Waals surface area (Å²) < 4.78 is 0. The molecule has 1 amide bonds. The Hall–Kier alpha value is -4.90. The molecular formula is C32H35N7O4. The molecule has 11 heteroatoms. The Bertz CT molecular complexity index is 1520. The number of aromatic nitrogens is 4. The van der Waals surface area contributed by atoms with Crippen LogP contribution in [0.2, 0.25) is 0 Å². The number of H-pyrrole nitrogens is 1. The molecule has 3 N–H and O–H groups in total. The minimum atomic E-state index is -0.555. The Labute approximate surface area is 250 Å². The molecule has 222 valence electrons. The SMILES string of the molecule is O=C(NC1CCc2ccc(CN3CCN(c4ccncc4)CC3)cc2CC1=O)c1n[nH]c(Cc2ccccc2)n1.O=CO. The lowest BCUT2D eigenvalue weighted by atomic mass is 9.99. The second kappa shape index (κ2) is 14.3. The van der Waals surface area contributed by atoms with Crippen molar-refractivity contribution in [1.82, 2.24) is 30.4 Å². The standard InChI is InChI=1S/C31H33N7O2.CH2O2/c39-28-20-25-18-23(21-37-14-16-38(17-15-37)26-10-12-32-13-11-26)6-7-24(25)8-9-27(28)33-31(40)30-34-29(35-36-30)19-22-4-2-1-3-5-22;2-1-3/h1-7,10-13,18,27H,8-9,14-17,19-21H2,(H,33,40)(H,34,35,36);1H,(H,2,3). The zero-order chi connectivity index (χ0) is 30.0. The molecule has 0 saturated carbocycles. The molecule has 0 spiro atoms. The zero-order valence-electron chi connectivity index (χ0n) is 23.9. The van der Waals surface area contributed by atoms with Gasteiger partial charge in [-0.25, -0.2) is 4.98 Å². The number of anilines is 1. The Morgan fingerprint density at radius 3 is 2.49 bits per heavy atom. The second-order valence-corrected chi connectivity index (χ2v) is 10.7. The summed E-state index contributed by atoms with van der Waals surface area (Å²) in [7, 11) is 0. The number of fused-ring (bicyclic) bond motifs is 1. The maximum Gasteiger partial charge on any atom is 0.291 e. The molecule has 1 atom stereocenters. The predicted molar refractivity (Wildman–Crippen MR) is 161 cm³/mol. The van der Waals surface area contributed by atoms with Gasteiger partial charge in [0.15, 0.2) is 5.78 Å². The van der Waals surface area contributed by atoms with E-state index in [0.29, 0.717) is 25.1 Å². The van der Waals surface area contributed by atoms with E-state index in [1.807, 2.05) is 42.7 Å². The molecule has 1 unspecified atom stereocenters. The third-order valence-corrected chi connectivity index (χ3v) is 7.79. The number of benzene rings is 2. The Morgan fingerprint density at radius 2 is 1.74 bits per heavy atom. The summed E-state index contributed by atoms with van der Waals surface area (Å²) in [6.45, 7) is 4.55. The molecule has 1 aliphatic carbocycles. The van der Waals surface area contributed by atoms with Gasteiger partial charge < -0.3 is 15.3 Å². The molecule has 1 fully saturated rings. The van der Waals surface area contributed by atoms with E-state index in [2.05, 4.69) is 65.6 Å². The molecule has 43 heavy (non-hydrogen) atoms. The van der Waals surface area contributed by atoms with Gasteiger partial charge in [0.2, 0.25) is 5.82 Å². The van der Waals surface area contributed by atoms with E-state index < -0.39 is 11.9 Å². The molecule has 0 radical (unpaired) electrons. The minimum absolute atomic E-state index is 0.0234. The van der Waals surface area contributed by atoms with E-state index in [1.54, 1.807) is 0 Å². The number of aryl methyl sites for hydroxylation is 1. The van der Waals surface area contributed by atoms with Crippen molar-refractivity contribution in [2.45, 2.75) is 38.3 Å². The summed E-state index contributed by atoms with van der Waals surface area (Å²) in [4.78, 5) is 47.7. The number of carboxylic acid groups (broad SMARTS) is 1. The van der Waals surface area contributed by atoms with Crippen molar-refractivity contribution in [2.75, 3.05) is 31.1 Å². The third-order valence-electron chi connectivity index (χ3n) is 7.79. The highest BCUT2D eigenvalue weighted by molar-refractivity contribution is 5.96. The van der Waals surface area contributed by atoms with Gasteiger partial charge in [-0.05, 0) is 47.2 Å². The largest absolute Gasteiger partial charge is 0.483 e. The molecule has 1 saturated heterocycles. The number of carbonyl (C=O) groups excluding carboxylic acids is 2. The van der Waals surface area contributed by atoms with Crippen LogP contribution in [-0.4, -0.2) is 80.6 Å². The lowest BCUT2D eigenvalue weighted by Crippen LogP contribution is -2.46. The zero-order valence-corrected chi connectivity index (χ0v) is 23.9. The Kier molecular flexibility index (Phi) is 9.86. The van der Waals surface area contributed by atoms with E-state index >= 15 is 0 Å². The van der Waals surface area contributed by atoms with Crippen LogP contribution in [0.4, 0.5) is 5.69 Å². The maximum absolute atomic E-state index is 13.2. The van der Waals surface area contributed by atoms with E-state index in [9.17, 15) is 9.59 Å². The number of carbonyl (C=O) groups is 3. The smallest absolute Gasteiger partial charge is 0.291 e. The van der Waals surface area contributed by atoms with Crippen molar-refractivity contribution in [1.29, 1.82) is 0 Å². The van der Waals surface area contributed by atoms with Crippen molar-refractivity contribution >= 4 is 23.9 Å². The van der Waals surface area contributed by atoms with Crippen LogP contribution in [0.15, 0.2) is 73.1 Å². The summed E-state index contributed by atoms with van der Waals surface area (Å²) >= 11 is 0. The van der Waals surface area contributed by atoms with E-state index in [-0.39, 0.29) is 18.1 Å². The first-order valence-electron chi connectivity index (χ1n) is 14.4. The maximum atomic E-state index is 13.2. The summed E-state index contributed by atoms with van der Waals surface area (Å²) in [5, 5.41) is 16.7. The highest BCUT2D eigenvalue weighted by Gasteiger charge is 2.27. The molecule has 3 heterocycles. The fraction of sp³-hybridized carbons (Fsp3) is 0.312. The Balaban J connectivity index is 0.00000118. The average molecular weight is 582 g/mol. The van der Waals surface area contributed by atoms with Gasteiger partial charge >= 0.3 is 0 Å². The Morgan fingerprint density at radius 1 is 1.00 bits per heavy atom. The topological polar surface area (TPSA) is 144 Å². The number of nitrogens with one attached hydrogen (secondary N) is 2. The summed E-state index contributed by atoms with van der Waals surface area (Å²) in [5.41, 5.74) is 5.76. The quantitative estimate of drug-likeness (QED) is 0.222. The highest BCUT2D eigenvalue weighted by Crippen LogP contribution is 2.23. The van der Waals surface area contributed by atoms with E-state index in [1.165, 1.54) is 16.8 Å².